The summed E-state index contributed by atoms with van der Waals surface area (Å²) in [5.74, 6) is 0.731. The van der Waals surface area contributed by atoms with Gasteiger partial charge in [0, 0.05) is 24.3 Å². The SMILES string of the molecule is COc1ccc(N2CC(C)NCCC2C)cc1Cl. The van der Waals surface area contributed by atoms with Crippen molar-refractivity contribution in [2.24, 2.45) is 0 Å². The van der Waals surface area contributed by atoms with Crippen LogP contribution in [0.15, 0.2) is 18.2 Å². The molecule has 100 valence electrons. The Hall–Kier alpha value is -0.930. The van der Waals surface area contributed by atoms with Gasteiger partial charge in [-0.25, -0.2) is 0 Å². The summed E-state index contributed by atoms with van der Waals surface area (Å²) in [5.41, 5.74) is 1.17. The number of halogens is 1. The van der Waals surface area contributed by atoms with Gasteiger partial charge in [0.25, 0.3) is 0 Å². The summed E-state index contributed by atoms with van der Waals surface area (Å²) in [7, 11) is 1.64. The normalized spacial score (nSPS) is 24.8. The molecule has 1 aromatic rings. The van der Waals surface area contributed by atoms with E-state index in [1.807, 2.05) is 12.1 Å². The van der Waals surface area contributed by atoms with Crippen molar-refractivity contribution in [2.75, 3.05) is 25.1 Å². The van der Waals surface area contributed by atoms with E-state index < -0.39 is 0 Å². The molecule has 0 aliphatic carbocycles. The zero-order valence-electron chi connectivity index (χ0n) is 11.2. The minimum Gasteiger partial charge on any atom is -0.495 e. The highest BCUT2D eigenvalue weighted by Crippen LogP contribution is 2.30. The molecular weight excluding hydrogens is 248 g/mol. The Morgan fingerprint density at radius 2 is 2.17 bits per heavy atom. The molecule has 1 aliphatic heterocycles. The van der Waals surface area contributed by atoms with Crippen molar-refractivity contribution < 1.29 is 4.74 Å². The third-order valence-electron chi connectivity index (χ3n) is 3.52. The third kappa shape index (κ3) is 2.90. The Morgan fingerprint density at radius 3 is 2.83 bits per heavy atom. The van der Waals surface area contributed by atoms with Gasteiger partial charge in [0.05, 0.1) is 12.1 Å². The first kappa shape index (κ1) is 13.5. The average molecular weight is 269 g/mol. The lowest BCUT2D eigenvalue weighted by Gasteiger charge is -2.31. The minimum absolute atomic E-state index is 0.496. The second kappa shape index (κ2) is 5.81. The quantitative estimate of drug-likeness (QED) is 0.893. The van der Waals surface area contributed by atoms with Crippen LogP contribution in [-0.2, 0) is 0 Å². The van der Waals surface area contributed by atoms with E-state index in [0.29, 0.717) is 17.1 Å². The van der Waals surface area contributed by atoms with Crippen LogP contribution in [0.2, 0.25) is 5.02 Å². The van der Waals surface area contributed by atoms with Crippen molar-refractivity contribution in [3.63, 3.8) is 0 Å². The Morgan fingerprint density at radius 1 is 1.39 bits per heavy atom. The number of methoxy groups -OCH3 is 1. The lowest BCUT2D eigenvalue weighted by atomic mass is 10.1. The standard InChI is InChI=1S/C14H21ClN2O/c1-10-9-17(11(2)6-7-16-10)12-4-5-14(18-3)13(15)8-12/h4-5,8,10-11,16H,6-7,9H2,1-3H3. The third-order valence-corrected chi connectivity index (χ3v) is 3.82. The maximum absolute atomic E-state index is 6.21. The number of benzene rings is 1. The first-order chi connectivity index (χ1) is 8.61. The molecule has 1 N–H and O–H groups in total. The van der Waals surface area contributed by atoms with Gasteiger partial charge in [0.15, 0.2) is 0 Å². The molecule has 1 aromatic carbocycles. The first-order valence-electron chi connectivity index (χ1n) is 6.45. The fourth-order valence-electron chi connectivity index (χ4n) is 2.43. The van der Waals surface area contributed by atoms with Crippen molar-refractivity contribution in [1.82, 2.24) is 5.32 Å². The second-order valence-corrected chi connectivity index (χ2v) is 5.37. The van der Waals surface area contributed by atoms with Crippen LogP contribution in [0, 0.1) is 0 Å². The maximum Gasteiger partial charge on any atom is 0.137 e. The van der Waals surface area contributed by atoms with Crippen LogP contribution in [0.4, 0.5) is 5.69 Å². The summed E-state index contributed by atoms with van der Waals surface area (Å²) in [6, 6.07) is 7.03. The number of hydrogen-bond donors (Lipinski definition) is 1. The first-order valence-corrected chi connectivity index (χ1v) is 6.83. The van der Waals surface area contributed by atoms with Gasteiger partial charge in [-0.3, -0.25) is 0 Å². The van der Waals surface area contributed by atoms with Crippen LogP contribution in [0.5, 0.6) is 5.75 Å². The largest absolute Gasteiger partial charge is 0.495 e. The predicted molar refractivity (Wildman–Crippen MR) is 76.9 cm³/mol. The van der Waals surface area contributed by atoms with Gasteiger partial charge in [0.2, 0.25) is 0 Å². The van der Waals surface area contributed by atoms with Crippen LogP contribution in [0.25, 0.3) is 0 Å². The highest BCUT2D eigenvalue weighted by molar-refractivity contribution is 6.32. The lowest BCUT2D eigenvalue weighted by molar-refractivity contribution is 0.415. The number of nitrogens with one attached hydrogen (secondary N) is 1. The van der Waals surface area contributed by atoms with Gasteiger partial charge in [-0.15, -0.1) is 0 Å². The van der Waals surface area contributed by atoms with E-state index >= 15 is 0 Å². The topological polar surface area (TPSA) is 24.5 Å². The van der Waals surface area contributed by atoms with Crippen LogP contribution in [0.1, 0.15) is 20.3 Å². The fraction of sp³-hybridized carbons (Fsp3) is 0.571. The minimum atomic E-state index is 0.496. The van der Waals surface area contributed by atoms with E-state index in [2.05, 4.69) is 30.1 Å². The van der Waals surface area contributed by atoms with Gasteiger partial charge in [0.1, 0.15) is 5.75 Å². The fourth-order valence-corrected chi connectivity index (χ4v) is 2.68. The molecule has 0 amide bonds. The maximum atomic E-state index is 6.21. The van der Waals surface area contributed by atoms with E-state index in [4.69, 9.17) is 16.3 Å². The number of nitrogens with zero attached hydrogens (tertiary/aromatic N) is 1. The van der Waals surface area contributed by atoms with E-state index in [9.17, 15) is 0 Å². The van der Waals surface area contributed by atoms with Crippen molar-refractivity contribution in [1.29, 1.82) is 0 Å². The van der Waals surface area contributed by atoms with Crippen LogP contribution in [-0.4, -0.2) is 32.3 Å². The molecule has 0 spiro atoms. The molecule has 1 fully saturated rings. The van der Waals surface area contributed by atoms with E-state index in [1.165, 1.54) is 5.69 Å². The zero-order chi connectivity index (χ0) is 13.1. The molecule has 0 bridgehead atoms. The summed E-state index contributed by atoms with van der Waals surface area (Å²) in [6.07, 6.45) is 1.15. The van der Waals surface area contributed by atoms with Crippen LogP contribution >= 0.6 is 11.6 Å². The number of rotatable bonds is 2. The summed E-state index contributed by atoms with van der Waals surface area (Å²) in [6.45, 7) is 6.56. The Balaban J connectivity index is 2.25. The average Bonchev–Trinajstić information content (AvgIpc) is 2.51. The number of ether oxygens (including phenoxy) is 1. The summed E-state index contributed by atoms with van der Waals surface area (Å²) >= 11 is 6.21. The molecule has 4 heteroatoms. The second-order valence-electron chi connectivity index (χ2n) is 4.96. The lowest BCUT2D eigenvalue weighted by Crippen LogP contribution is -2.38. The Kier molecular flexibility index (Phi) is 4.36. The van der Waals surface area contributed by atoms with Crippen LogP contribution < -0.4 is 15.0 Å². The van der Waals surface area contributed by atoms with Crippen molar-refractivity contribution in [3.8, 4) is 5.75 Å². The summed E-state index contributed by atoms with van der Waals surface area (Å²) < 4.78 is 5.20. The molecule has 0 saturated carbocycles. The highest BCUT2D eigenvalue weighted by Gasteiger charge is 2.21. The predicted octanol–water partition coefficient (Wildman–Crippen LogP) is 2.93. The molecule has 2 unspecified atom stereocenters. The van der Waals surface area contributed by atoms with E-state index in [-0.39, 0.29) is 0 Å². The van der Waals surface area contributed by atoms with Gasteiger partial charge in [-0.1, -0.05) is 11.6 Å². The van der Waals surface area contributed by atoms with E-state index in [1.54, 1.807) is 7.11 Å². The number of hydrogen-bond acceptors (Lipinski definition) is 3. The molecule has 3 nitrogen and oxygen atoms in total. The zero-order valence-corrected chi connectivity index (χ0v) is 12.0. The monoisotopic (exact) mass is 268 g/mol. The molecular formula is C14H21ClN2O. The highest BCUT2D eigenvalue weighted by atomic mass is 35.5. The van der Waals surface area contributed by atoms with Gasteiger partial charge >= 0.3 is 0 Å². The molecule has 2 atom stereocenters. The molecule has 0 radical (unpaired) electrons. The summed E-state index contributed by atoms with van der Waals surface area (Å²) in [5, 5.41) is 4.19. The van der Waals surface area contributed by atoms with Crippen LogP contribution in [0.3, 0.4) is 0 Å². The molecule has 1 heterocycles. The smallest absolute Gasteiger partial charge is 0.137 e. The molecule has 1 saturated heterocycles. The Labute approximate surface area is 114 Å². The number of anilines is 1. The van der Waals surface area contributed by atoms with Gasteiger partial charge in [-0.05, 0) is 45.0 Å². The molecule has 0 aromatic heterocycles. The van der Waals surface area contributed by atoms with Gasteiger partial charge < -0.3 is 15.0 Å². The summed E-state index contributed by atoms with van der Waals surface area (Å²) in [4.78, 5) is 2.41. The Bertz CT molecular complexity index is 411. The molecule has 1 aliphatic rings. The van der Waals surface area contributed by atoms with Crippen molar-refractivity contribution in [2.45, 2.75) is 32.4 Å². The van der Waals surface area contributed by atoms with Crippen molar-refractivity contribution in [3.05, 3.63) is 23.2 Å². The van der Waals surface area contributed by atoms with E-state index in [0.717, 1.165) is 25.3 Å². The molecule has 2 rings (SSSR count). The molecule has 18 heavy (non-hydrogen) atoms. The van der Waals surface area contributed by atoms with Gasteiger partial charge in [-0.2, -0.15) is 0 Å². The van der Waals surface area contributed by atoms with Crippen molar-refractivity contribution >= 4 is 17.3 Å².